The highest BCUT2D eigenvalue weighted by atomic mass is 35.5. The molecule has 0 radical (unpaired) electrons. The van der Waals surface area contributed by atoms with Crippen LogP contribution in [0.3, 0.4) is 0 Å². The fourth-order valence-electron chi connectivity index (χ4n) is 3.93. The Bertz CT molecular complexity index is 1530. The molecule has 2 N–H and O–H groups in total. The molecule has 0 fully saturated rings. The summed E-state index contributed by atoms with van der Waals surface area (Å²) >= 11 is 6.33. The maximum atomic E-state index is 13.8. The Morgan fingerprint density at radius 2 is 1.84 bits per heavy atom. The van der Waals surface area contributed by atoms with E-state index in [2.05, 4.69) is 20.6 Å². The lowest BCUT2D eigenvalue weighted by Crippen LogP contribution is -2.22. The van der Waals surface area contributed by atoms with Gasteiger partial charge >= 0.3 is 6.18 Å². The molecule has 4 aromatic rings. The highest BCUT2D eigenvalue weighted by Crippen LogP contribution is 2.41. The van der Waals surface area contributed by atoms with Crippen LogP contribution in [0.2, 0.25) is 5.02 Å². The van der Waals surface area contributed by atoms with Crippen LogP contribution in [0.15, 0.2) is 36.4 Å². The van der Waals surface area contributed by atoms with E-state index in [1.54, 1.807) is 17.7 Å². The number of carbonyl (C=O) groups is 1. The Hall–Kier alpha value is -4.06. The number of fused-ring (bicyclic) bond motifs is 3. The van der Waals surface area contributed by atoms with E-state index in [0.717, 1.165) is 11.6 Å². The molecule has 0 saturated heterocycles. The summed E-state index contributed by atoms with van der Waals surface area (Å²) in [6.45, 7) is 2.16. The van der Waals surface area contributed by atoms with Crippen molar-refractivity contribution in [2.45, 2.75) is 13.1 Å². The number of nitrogens with zero attached hydrogens (tertiary/aromatic N) is 3. The summed E-state index contributed by atoms with van der Waals surface area (Å²) in [7, 11) is 1.70. The van der Waals surface area contributed by atoms with Crippen LogP contribution in [-0.2, 0) is 13.2 Å². The monoisotopic (exact) mass is 535 g/mol. The highest BCUT2D eigenvalue weighted by Gasteiger charge is 2.33. The zero-order chi connectivity index (χ0) is 26.5. The van der Waals surface area contributed by atoms with E-state index in [1.165, 1.54) is 0 Å². The van der Waals surface area contributed by atoms with E-state index in [4.69, 9.17) is 21.1 Å². The van der Waals surface area contributed by atoms with Gasteiger partial charge in [-0.05, 0) is 36.8 Å². The van der Waals surface area contributed by atoms with Crippen molar-refractivity contribution >= 4 is 46.0 Å². The average molecular weight is 536 g/mol. The lowest BCUT2D eigenvalue weighted by Gasteiger charge is -2.21. The Kier molecular flexibility index (Phi) is 6.06. The predicted octanol–water partition coefficient (Wildman–Crippen LogP) is 5.86. The second kappa shape index (κ2) is 9.11. The Morgan fingerprint density at radius 3 is 2.54 bits per heavy atom. The zero-order valence-corrected chi connectivity index (χ0v) is 20.1. The molecule has 0 atom stereocenters. The van der Waals surface area contributed by atoms with Gasteiger partial charge in [-0.25, -0.2) is 9.37 Å². The van der Waals surface area contributed by atoms with Crippen LogP contribution in [-0.4, -0.2) is 33.7 Å². The van der Waals surface area contributed by atoms with Crippen LogP contribution < -0.4 is 20.1 Å². The van der Waals surface area contributed by atoms with Gasteiger partial charge in [0.15, 0.2) is 22.8 Å². The first-order valence-electron chi connectivity index (χ1n) is 10.9. The molecule has 2 aromatic heterocycles. The largest absolute Gasteiger partial charge is 0.484 e. The molecule has 192 valence electrons. The molecule has 1 aliphatic heterocycles. The quantitative estimate of drug-likeness (QED) is 0.318. The van der Waals surface area contributed by atoms with Crippen molar-refractivity contribution in [2.75, 3.05) is 23.8 Å². The fourth-order valence-corrected chi connectivity index (χ4v) is 4.20. The highest BCUT2D eigenvalue weighted by molar-refractivity contribution is 6.33. The van der Waals surface area contributed by atoms with Gasteiger partial charge in [0, 0.05) is 12.7 Å². The number of aryl methyl sites for hydroxylation is 2. The third kappa shape index (κ3) is 4.59. The van der Waals surface area contributed by atoms with Gasteiger partial charge in [0.25, 0.3) is 5.91 Å². The van der Waals surface area contributed by atoms with E-state index in [-0.39, 0.29) is 36.1 Å². The third-order valence-electron chi connectivity index (χ3n) is 5.66. The molecule has 37 heavy (non-hydrogen) atoms. The van der Waals surface area contributed by atoms with Gasteiger partial charge < -0.3 is 24.7 Å². The number of rotatable bonds is 4. The zero-order valence-electron chi connectivity index (χ0n) is 19.3. The number of para-hydroxylation sites is 1. The van der Waals surface area contributed by atoms with Crippen LogP contribution in [0.5, 0.6) is 11.5 Å². The van der Waals surface area contributed by atoms with Gasteiger partial charge in [-0.2, -0.15) is 18.2 Å². The van der Waals surface area contributed by atoms with E-state index < -0.39 is 29.2 Å². The minimum atomic E-state index is -4.80. The number of amides is 1. The number of benzene rings is 2. The molecule has 1 aliphatic rings. The topological polar surface area (TPSA) is 90.3 Å². The molecule has 0 saturated carbocycles. The van der Waals surface area contributed by atoms with Crippen LogP contribution in [0, 0.1) is 12.7 Å². The van der Waals surface area contributed by atoms with Gasteiger partial charge in [-0.15, -0.1) is 0 Å². The van der Waals surface area contributed by atoms with Crippen molar-refractivity contribution in [1.29, 1.82) is 0 Å². The number of halogens is 5. The molecule has 0 aliphatic carbocycles. The lowest BCUT2D eigenvalue weighted by atomic mass is 10.1. The first-order valence-corrected chi connectivity index (χ1v) is 11.3. The Balaban J connectivity index is 1.57. The van der Waals surface area contributed by atoms with E-state index in [9.17, 15) is 22.4 Å². The van der Waals surface area contributed by atoms with Crippen LogP contribution in [0.1, 0.15) is 21.6 Å². The number of pyridine rings is 1. The van der Waals surface area contributed by atoms with Crippen LogP contribution >= 0.6 is 11.6 Å². The molecular weight excluding hydrogens is 518 g/mol. The molecule has 13 heteroatoms. The fraction of sp³-hybridized carbons (Fsp3) is 0.208. The number of aromatic nitrogens is 3. The molecule has 0 bridgehead atoms. The number of carbonyl (C=O) groups excluding carboxylic acids is 1. The number of hydrogen-bond donors (Lipinski definition) is 2. The van der Waals surface area contributed by atoms with Crippen molar-refractivity contribution in [2.24, 2.45) is 7.05 Å². The van der Waals surface area contributed by atoms with E-state index >= 15 is 0 Å². The van der Waals surface area contributed by atoms with Crippen LogP contribution in [0.25, 0.3) is 11.2 Å². The summed E-state index contributed by atoms with van der Waals surface area (Å²) < 4.78 is 66.2. The smallest absolute Gasteiger partial charge is 0.416 e. The number of alkyl halides is 3. The summed E-state index contributed by atoms with van der Waals surface area (Å²) in [5.41, 5.74) is 0.0903. The van der Waals surface area contributed by atoms with Crippen molar-refractivity contribution in [1.82, 2.24) is 14.5 Å². The SMILES string of the molecule is Cc1cccc(Cl)c1Nc1nc2nc(C(=O)Nc3cc(F)cc(C(F)(F)F)c3)c3c(c2n1C)OCCO3. The van der Waals surface area contributed by atoms with Crippen molar-refractivity contribution in [3.8, 4) is 11.5 Å². The van der Waals surface area contributed by atoms with Gasteiger partial charge in [-0.1, -0.05) is 23.7 Å². The molecular formula is C24H18ClF4N5O3. The minimum absolute atomic E-state index is 0.00725. The predicted molar refractivity (Wildman–Crippen MR) is 128 cm³/mol. The molecule has 5 rings (SSSR count). The average Bonchev–Trinajstić information content (AvgIpc) is 3.15. The number of anilines is 3. The van der Waals surface area contributed by atoms with Gasteiger partial charge in [-0.3, -0.25) is 4.79 Å². The molecule has 2 aromatic carbocycles. The van der Waals surface area contributed by atoms with Gasteiger partial charge in [0.05, 0.1) is 16.3 Å². The van der Waals surface area contributed by atoms with Crippen LogP contribution in [0.4, 0.5) is 34.9 Å². The van der Waals surface area contributed by atoms with Crippen molar-refractivity contribution < 1.29 is 31.8 Å². The number of nitrogens with one attached hydrogen (secondary N) is 2. The third-order valence-corrected chi connectivity index (χ3v) is 5.98. The van der Waals surface area contributed by atoms with E-state index in [0.29, 0.717) is 34.3 Å². The number of imidazole rings is 1. The summed E-state index contributed by atoms with van der Waals surface area (Å²) in [5, 5.41) is 5.88. The summed E-state index contributed by atoms with van der Waals surface area (Å²) in [4.78, 5) is 21.9. The standard InChI is InChI=1S/C24H18ClF4N5O3/c1-11-4-3-5-15(25)16(11)32-23-33-21-18(34(23)2)20-19(36-6-7-37-20)17(31-21)22(35)30-14-9-12(24(27,28)29)8-13(26)10-14/h3-5,8-10H,6-7H2,1-2H3,(H,30,35)(H,31,32,33). The first-order chi connectivity index (χ1) is 17.5. The Morgan fingerprint density at radius 1 is 1.11 bits per heavy atom. The van der Waals surface area contributed by atoms with E-state index in [1.807, 2.05) is 19.1 Å². The lowest BCUT2D eigenvalue weighted by molar-refractivity contribution is -0.137. The second-order valence-corrected chi connectivity index (χ2v) is 8.63. The Labute approximate surface area is 212 Å². The molecule has 3 heterocycles. The summed E-state index contributed by atoms with van der Waals surface area (Å²) in [5.74, 6) is -1.56. The summed E-state index contributed by atoms with van der Waals surface area (Å²) in [6.07, 6.45) is -4.80. The minimum Gasteiger partial charge on any atom is -0.484 e. The number of hydrogen-bond acceptors (Lipinski definition) is 6. The molecule has 8 nitrogen and oxygen atoms in total. The molecule has 0 spiro atoms. The van der Waals surface area contributed by atoms with Gasteiger partial charge in [0.1, 0.15) is 24.5 Å². The van der Waals surface area contributed by atoms with Gasteiger partial charge in [0.2, 0.25) is 5.95 Å². The normalized spacial score (nSPS) is 13.1. The summed E-state index contributed by atoms with van der Waals surface area (Å²) in [6, 6.07) is 7.12. The van der Waals surface area contributed by atoms with Crippen molar-refractivity contribution in [3.05, 3.63) is 64.1 Å². The molecule has 0 unspecified atom stereocenters. The second-order valence-electron chi connectivity index (χ2n) is 8.22. The number of ether oxygens (including phenoxy) is 2. The van der Waals surface area contributed by atoms with Crippen molar-refractivity contribution in [3.63, 3.8) is 0 Å². The maximum Gasteiger partial charge on any atom is 0.416 e. The first kappa shape index (κ1) is 24.6. The maximum absolute atomic E-state index is 13.8. The molecule has 1 amide bonds.